The highest BCUT2D eigenvalue weighted by Crippen LogP contribution is 2.44. The first-order valence-corrected chi connectivity index (χ1v) is 10.6. The van der Waals surface area contributed by atoms with Crippen molar-refractivity contribution in [2.75, 3.05) is 4.90 Å². The second-order valence-corrected chi connectivity index (χ2v) is 8.71. The summed E-state index contributed by atoms with van der Waals surface area (Å²) >= 11 is 1.24. The molecule has 0 unspecified atom stereocenters. The van der Waals surface area contributed by atoms with Gasteiger partial charge >= 0.3 is 5.91 Å². The van der Waals surface area contributed by atoms with Gasteiger partial charge in [0.2, 0.25) is 0 Å². The number of amides is 1. The molecular weight excluding hydrogens is 430 g/mol. The number of aromatic nitrogens is 1. The maximum atomic E-state index is 13.1. The van der Waals surface area contributed by atoms with E-state index in [1.807, 2.05) is 13.8 Å². The minimum absolute atomic E-state index is 0.134. The molecule has 0 saturated carbocycles. The molecule has 1 saturated heterocycles. The van der Waals surface area contributed by atoms with E-state index in [9.17, 15) is 24.8 Å². The lowest BCUT2D eigenvalue weighted by Gasteiger charge is -2.22. The molecule has 0 radical (unpaired) electrons. The summed E-state index contributed by atoms with van der Waals surface area (Å²) in [6.45, 7) is 5.53. The number of aryl methyl sites for hydroxylation is 3. The fraction of sp³-hybridized carbons (Fsp3) is 0.174. The summed E-state index contributed by atoms with van der Waals surface area (Å²) in [6.07, 6.45) is 0. The number of rotatable bonds is 4. The lowest BCUT2D eigenvalue weighted by atomic mass is 9.95. The first-order chi connectivity index (χ1) is 15.2. The van der Waals surface area contributed by atoms with Crippen molar-refractivity contribution < 1.29 is 19.6 Å². The zero-order valence-corrected chi connectivity index (χ0v) is 18.3. The summed E-state index contributed by atoms with van der Waals surface area (Å²) in [5.74, 6) is -2.05. The zero-order chi connectivity index (χ0) is 23.2. The van der Waals surface area contributed by atoms with E-state index in [0.29, 0.717) is 22.0 Å². The predicted molar refractivity (Wildman–Crippen MR) is 121 cm³/mol. The first kappa shape index (κ1) is 21.4. The van der Waals surface area contributed by atoms with Crippen LogP contribution in [0.2, 0.25) is 0 Å². The van der Waals surface area contributed by atoms with Gasteiger partial charge in [-0.25, -0.2) is 4.98 Å². The highest BCUT2D eigenvalue weighted by molar-refractivity contribution is 7.16. The molecule has 1 aromatic heterocycles. The number of Topliss-reactive ketones (excluding diaryl/α,β-unsaturated/α-hetero) is 1. The number of benzene rings is 2. The zero-order valence-electron chi connectivity index (χ0n) is 17.5. The van der Waals surface area contributed by atoms with Crippen molar-refractivity contribution in [3.63, 3.8) is 0 Å². The number of aliphatic hydroxyl groups is 1. The number of nitrogens with zero attached hydrogens (tertiary/aromatic N) is 3. The number of nitro groups is 1. The molecule has 8 nitrogen and oxygen atoms in total. The predicted octanol–water partition coefficient (Wildman–Crippen LogP) is 4.60. The fourth-order valence-corrected chi connectivity index (χ4v) is 4.52. The molecule has 1 amide bonds. The van der Waals surface area contributed by atoms with E-state index in [2.05, 4.69) is 4.98 Å². The van der Waals surface area contributed by atoms with E-state index in [0.717, 1.165) is 10.4 Å². The van der Waals surface area contributed by atoms with Crippen LogP contribution in [0, 0.1) is 30.9 Å². The maximum Gasteiger partial charge on any atom is 0.301 e. The third kappa shape index (κ3) is 3.56. The molecule has 1 aliphatic heterocycles. The van der Waals surface area contributed by atoms with Gasteiger partial charge < -0.3 is 5.11 Å². The highest BCUT2D eigenvalue weighted by Gasteiger charge is 2.48. The Labute approximate surface area is 187 Å². The fourth-order valence-electron chi connectivity index (χ4n) is 3.58. The SMILES string of the molecule is Cc1ccc(C(O)=C2C(=O)C(=O)N(c3nc(C)c(C)s3)[C@@H]2c2cccc([N+](=O)[O-])c2)cc1. The van der Waals surface area contributed by atoms with Crippen molar-refractivity contribution in [3.8, 4) is 0 Å². The number of carbonyl (C=O) groups excluding carboxylic acids is 2. The topological polar surface area (TPSA) is 114 Å². The van der Waals surface area contributed by atoms with Gasteiger partial charge in [0.25, 0.3) is 11.5 Å². The van der Waals surface area contributed by atoms with E-state index >= 15 is 0 Å². The Kier molecular flexibility index (Phi) is 5.35. The van der Waals surface area contributed by atoms with Crippen molar-refractivity contribution in [1.29, 1.82) is 0 Å². The molecule has 0 spiro atoms. The van der Waals surface area contributed by atoms with Gasteiger partial charge in [-0.2, -0.15) is 0 Å². The number of hydrogen-bond donors (Lipinski definition) is 1. The molecule has 9 heteroatoms. The average Bonchev–Trinajstić information content (AvgIpc) is 3.23. The molecule has 2 heterocycles. The van der Waals surface area contributed by atoms with Crippen LogP contribution >= 0.6 is 11.3 Å². The van der Waals surface area contributed by atoms with Gasteiger partial charge in [0, 0.05) is 22.6 Å². The van der Waals surface area contributed by atoms with Crippen LogP contribution in [0.1, 0.15) is 33.3 Å². The van der Waals surface area contributed by atoms with E-state index < -0.39 is 22.7 Å². The number of ketones is 1. The number of thiazole rings is 1. The lowest BCUT2D eigenvalue weighted by Crippen LogP contribution is -2.29. The Balaban J connectivity index is 1.97. The van der Waals surface area contributed by atoms with Crippen LogP contribution in [0.5, 0.6) is 0 Å². The molecular formula is C23H19N3O5S. The number of non-ortho nitro benzene ring substituents is 1. The Hall–Kier alpha value is -3.85. The minimum atomic E-state index is -1.05. The highest BCUT2D eigenvalue weighted by atomic mass is 32.1. The first-order valence-electron chi connectivity index (χ1n) is 9.75. The number of hydrogen-bond acceptors (Lipinski definition) is 7. The molecule has 162 valence electrons. The van der Waals surface area contributed by atoms with Crippen LogP contribution in [0.4, 0.5) is 10.8 Å². The van der Waals surface area contributed by atoms with Crippen LogP contribution in [-0.4, -0.2) is 26.7 Å². The molecule has 3 aromatic rings. The number of carbonyl (C=O) groups is 2. The second-order valence-electron chi connectivity index (χ2n) is 7.53. The normalized spacial score (nSPS) is 17.7. The summed E-state index contributed by atoms with van der Waals surface area (Å²) in [7, 11) is 0. The monoisotopic (exact) mass is 449 g/mol. The summed E-state index contributed by atoms with van der Waals surface area (Å²) in [5, 5.41) is 22.7. The number of anilines is 1. The maximum absolute atomic E-state index is 13.1. The van der Waals surface area contributed by atoms with Crippen LogP contribution in [-0.2, 0) is 9.59 Å². The molecule has 1 aliphatic rings. The molecule has 1 fully saturated rings. The van der Waals surface area contributed by atoms with Gasteiger partial charge in [-0.1, -0.05) is 42.0 Å². The van der Waals surface area contributed by atoms with Crippen molar-refractivity contribution in [2.24, 2.45) is 0 Å². The Morgan fingerprint density at radius 2 is 1.81 bits per heavy atom. The Morgan fingerprint density at radius 1 is 1.12 bits per heavy atom. The van der Waals surface area contributed by atoms with E-state index in [1.54, 1.807) is 37.3 Å². The van der Waals surface area contributed by atoms with Crippen LogP contribution < -0.4 is 4.90 Å². The molecule has 0 bridgehead atoms. The van der Waals surface area contributed by atoms with Crippen LogP contribution in [0.3, 0.4) is 0 Å². The van der Waals surface area contributed by atoms with Gasteiger partial charge in [-0.3, -0.25) is 24.6 Å². The van der Waals surface area contributed by atoms with Crippen molar-refractivity contribution in [3.05, 3.63) is 91.5 Å². The second kappa shape index (κ2) is 8.01. The molecule has 2 aromatic carbocycles. The smallest absolute Gasteiger partial charge is 0.301 e. The van der Waals surface area contributed by atoms with E-state index in [1.165, 1.54) is 34.4 Å². The van der Waals surface area contributed by atoms with Gasteiger partial charge in [0.1, 0.15) is 5.76 Å². The van der Waals surface area contributed by atoms with E-state index in [4.69, 9.17) is 0 Å². The summed E-state index contributed by atoms with van der Waals surface area (Å²) in [4.78, 5) is 43.5. The summed E-state index contributed by atoms with van der Waals surface area (Å²) < 4.78 is 0. The number of nitro benzene ring substituents is 1. The number of aliphatic hydroxyl groups excluding tert-OH is 1. The third-order valence-electron chi connectivity index (χ3n) is 5.39. The summed E-state index contributed by atoms with van der Waals surface area (Å²) in [5.41, 5.74) is 2.06. The van der Waals surface area contributed by atoms with Gasteiger partial charge in [0.05, 0.1) is 22.2 Å². The summed E-state index contributed by atoms with van der Waals surface area (Å²) in [6, 6.07) is 11.5. The van der Waals surface area contributed by atoms with Crippen LogP contribution in [0.25, 0.3) is 5.76 Å². The Morgan fingerprint density at radius 3 is 2.41 bits per heavy atom. The Bertz CT molecular complexity index is 1270. The van der Waals surface area contributed by atoms with Crippen molar-refractivity contribution >= 4 is 39.6 Å². The largest absolute Gasteiger partial charge is 0.507 e. The van der Waals surface area contributed by atoms with Gasteiger partial charge in [-0.15, -0.1) is 11.3 Å². The average molecular weight is 449 g/mol. The molecule has 4 rings (SSSR count). The molecule has 1 N–H and O–H groups in total. The van der Waals surface area contributed by atoms with Crippen LogP contribution in [0.15, 0.2) is 54.1 Å². The standard InChI is InChI=1S/C23H19N3O5S/c1-12-7-9-15(10-8-12)20(27)18-19(16-5-4-6-17(11-16)26(30)31)25(22(29)21(18)28)23-24-13(2)14(3)32-23/h4-11,19,27H,1-3H3/t19-/m1/s1. The lowest BCUT2D eigenvalue weighted by molar-refractivity contribution is -0.384. The van der Waals surface area contributed by atoms with Crippen molar-refractivity contribution in [2.45, 2.75) is 26.8 Å². The van der Waals surface area contributed by atoms with Crippen molar-refractivity contribution in [1.82, 2.24) is 4.98 Å². The molecule has 0 aliphatic carbocycles. The third-order valence-corrected chi connectivity index (χ3v) is 6.46. The molecule has 1 atom stereocenters. The molecule has 32 heavy (non-hydrogen) atoms. The quantitative estimate of drug-likeness (QED) is 0.205. The van der Waals surface area contributed by atoms with E-state index in [-0.39, 0.29) is 17.0 Å². The van der Waals surface area contributed by atoms with Gasteiger partial charge in [0.15, 0.2) is 5.13 Å². The van der Waals surface area contributed by atoms with Gasteiger partial charge in [-0.05, 0) is 26.3 Å². The minimum Gasteiger partial charge on any atom is -0.507 e.